The summed E-state index contributed by atoms with van der Waals surface area (Å²) < 4.78 is 15.9. The number of esters is 2. The van der Waals surface area contributed by atoms with Crippen LogP contribution in [0.3, 0.4) is 0 Å². The predicted molar refractivity (Wildman–Crippen MR) is 123 cm³/mol. The van der Waals surface area contributed by atoms with Crippen LogP contribution in [0.5, 0.6) is 5.75 Å². The molecule has 2 heterocycles. The largest absolute Gasteiger partial charge is 0.496 e. The number of hydrogen-bond donors (Lipinski definition) is 2. The molecule has 4 rings (SSSR count). The average molecular weight is 468 g/mol. The summed E-state index contributed by atoms with van der Waals surface area (Å²) >= 11 is 0. The Labute approximate surface area is 198 Å². The van der Waals surface area contributed by atoms with E-state index in [-0.39, 0.29) is 24.4 Å². The van der Waals surface area contributed by atoms with Crippen molar-refractivity contribution < 1.29 is 28.6 Å². The van der Waals surface area contributed by atoms with Crippen molar-refractivity contribution in [2.24, 2.45) is 0 Å². The second-order valence-corrected chi connectivity index (χ2v) is 8.47. The quantitative estimate of drug-likeness (QED) is 0.623. The molecule has 2 aromatic carbocycles. The maximum atomic E-state index is 13.7. The van der Waals surface area contributed by atoms with Crippen LogP contribution < -0.4 is 15.6 Å². The molecule has 2 N–H and O–H groups in total. The molecule has 9 heteroatoms. The number of hydrogen-bond acceptors (Lipinski definition) is 8. The van der Waals surface area contributed by atoms with Crippen molar-refractivity contribution in [2.45, 2.75) is 31.4 Å². The van der Waals surface area contributed by atoms with Gasteiger partial charge in [-0.15, -0.1) is 0 Å². The second kappa shape index (κ2) is 10.2. The minimum Gasteiger partial charge on any atom is -0.496 e. The summed E-state index contributed by atoms with van der Waals surface area (Å²) in [5, 5.41) is 0. The number of carbonyl (C=O) groups is 3. The number of carbonyl (C=O) groups excluding carboxylic acids is 3. The lowest BCUT2D eigenvalue weighted by atomic mass is 9.97. The van der Waals surface area contributed by atoms with Crippen LogP contribution in [0.4, 0.5) is 0 Å². The van der Waals surface area contributed by atoms with Crippen molar-refractivity contribution in [3.63, 3.8) is 0 Å². The van der Waals surface area contributed by atoms with E-state index >= 15 is 0 Å². The van der Waals surface area contributed by atoms with Crippen molar-refractivity contribution in [2.75, 3.05) is 33.9 Å². The van der Waals surface area contributed by atoms with E-state index in [1.54, 1.807) is 42.3 Å². The fourth-order valence-corrected chi connectivity index (χ4v) is 4.68. The summed E-state index contributed by atoms with van der Waals surface area (Å²) in [6.07, 6.45) is -0.00468. The van der Waals surface area contributed by atoms with Gasteiger partial charge in [-0.2, -0.15) is 0 Å². The van der Waals surface area contributed by atoms with Gasteiger partial charge in [0.15, 0.2) is 0 Å². The Balaban J connectivity index is 1.65. The van der Waals surface area contributed by atoms with Crippen molar-refractivity contribution >= 4 is 17.8 Å². The first-order valence-electron chi connectivity index (χ1n) is 11.2. The predicted octanol–water partition coefficient (Wildman–Crippen LogP) is 2.19. The maximum absolute atomic E-state index is 13.7. The molecule has 0 aliphatic carbocycles. The van der Waals surface area contributed by atoms with E-state index in [0.29, 0.717) is 23.3 Å². The summed E-state index contributed by atoms with van der Waals surface area (Å²) in [5.41, 5.74) is 8.90. The highest BCUT2D eigenvalue weighted by Crippen LogP contribution is 2.36. The summed E-state index contributed by atoms with van der Waals surface area (Å²) in [7, 11) is 2.92. The van der Waals surface area contributed by atoms with Crippen LogP contribution >= 0.6 is 0 Å². The van der Waals surface area contributed by atoms with Gasteiger partial charge < -0.3 is 19.1 Å². The molecule has 34 heavy (non-hydrogen) atoms. The molecule has 2 aromatic rings. The Morgan fingerprint density at radius 1 is 1.00 bits per heavy atom. The monoisotopic (exact) mass is 467 g/mol. The third-order valence-electron chi connectivity index (χ3n) is 6.29. The first-order chi connectivity index (χ1) is 16.4. The fourth-order valence-electron chi connectivity index (χ4n) is 4.68. The van der Waals surface area contributed by atoms with Crippen LogP contribution in [-0.4, -0.2) is 62.7 Å². The van der Waals surface area contributed by atoms with Crippen LogP contribution in [0, 0.1) is 0 Å². The number of benzene rings is 2. The number of methoxy groups -OCH3 is 2. The molecule has 180 valence electrons. The van der Waals surface area contributed by atoms with Crippen molar-refractivity contribution in [1.29, 1.82) is 0 Å². The molecule has 1 amide bonds. The number of amides is 1. The summed E-state index contributed by atoms with van der Waals surface area (Å²) in [6.45, 7) is 3.16. The Bertz CT molecular complexity index is 1080. The van der Waals surface area contributed by atoms with Gasteiger partial charge in [-0.25, -0.2) is 4.79 Å². The van der Waals surface area contributed by atoms with Gasteiger partial charge in [0.1, 0.15) is 11.9 Å². The molecular weight excluding hydrogens is 438 g/mol. The summed E-state index contributed by atoms with van der Waals surface area (Å²) in [6, 6.07) is 12.1. The maximum Gasteiger partial charge on any atom is 0.337 e. The van der Waals surface area contributed by atoms with E-state index in [4.69, 9.17) is 14.2 Å². The molecule has 2 aliphatic heterocycles. The molecule has 0 spiro atoms. The van der Waals surface area contributed by atoms with Crippen LogP contribution in [0.15, 0.2) is 42.5 Å². The smallest absolute Gasteiger partial charge is 0.337 e. The van der Waals surface area contributed by atoms with E-state index in [1.807, 2.05) is 12.1 Å². The number of rotatable bonds is 6. The van der Waals surface area contributed by atoms with E-state index in [9.17, 15) is 14.4 Å². The average Bonchev–Trinajstić information content (AvgIpc) is 3.53. The first-order valence-corrected chi connectivity index (χ1v) is 11.2. The molecule has 1 unspecified atom stereocenters. The zero-order chi connectivity index (χ0) is 24.2. The molecule has 2 atom stereocenters. The van der Waals surface area contributed by atoms with Crippen LogP contribution in [-0.2, 0) is 14.3 Å². The molecule has 2 aliphatic rings. The number of ether oxygens (including phenoxy) is 3. The van der Waals surface area contributed by atoms with Gasteiger partial charge in [0, 0.05) is 37.9 Å². The molecule has 2 fully saturated rings. The van der Waals surface area contributed by atoms with E-state index in [0.717, 1.165) is 24.2 Å². The fraction of sp³-hybridized carbons (Fsp3) is 0.400. The normalized spacial score (nSPS) is 20.3. The molecule has 0 radical (unpaired) electrons. The van der Waals surface area contributed by atoms with Crippen LogP contribution in [0.1, 0.15) is 57.1 Å². The molecule has 0 saturated carbocycles. The van der Waals surface area contributed by atoms with Gasteiger partial charge in [0.25, 0.3) is 5.91 Å². The number of hydrazine groups is 1. The molecular formula is C25H29N3O6. The Hall–Kier alpha value is -3.43. The highest BCUT2D eigenvalue weighted by Gasteiger charge is 2.38. The van der Waals surface area contributed by atoms with Gasteiger partial charge in [-0.3, -0.25) is 20.4 Å². The molecule has 2 saturated heterocycles. The second-order valence-electron chi connectivity index (χ2n) is 8.47. The van der Waals surface area contributed by atoms with E-state index in [1.165, 1.54) is 14.0 Å². The van der Waals surface area contributed by atoms with Gasteiger partial charge in [0.2, 0.25) is 0 Å². The van der Waals surface area contributed by atoms with Gasteiger partial charge in [-0.1, -0.05) is 18.2 Å². The summed E-state index contributed by atoms with van der Waals surface area (Å²) in [5.74, 6) is -0.151. The Kier molecular flexibility index (Phi) is 7.14. The lowest BCUT2D eigenvalue weighted by molar-refractivity contribution is -0.145. The highest BCUT2D eigenvalue weighted by atomic mass is 16.5. The number of likely N-dealkylation sites (tertiary alicyclic amines) is 1. The van der Waals surface area contributed by atoms with Crippen LogP contribution in [0.2, 0.25) is 0 Å². The first kappa shape index (κ1) is 23.7. The Morgan fingerprint density at radius 3 is 2.44 bits per heavy atom. The van der Waals surface area contributed by atoms with E-state index < -0.39 is 18.0 Å². The SMILES string of the molecule is COC(=O)c1cccc([C@H]2CC(OC(C)=O)CN2C(=O)c2ccc(C3CNNC3)c(OC)c2)c1. The lowest BCUT2D eigenvalue weighted by Gasteiger charge is -2.25. The lowest BCUT2D eigenvalue weighted by Crippen LogP contribution is -2.32. The van der Waals surface area contributed by atoms with Crippen molar-refractivity contribution in [3.05, 3.63) is 64.7 Å². The highest BCUT2D eigenvalue weighted by molar-refractivity contribution is 5.95. The van der Waals surface area contributed by atoms with Gasteiger partial charge in [-0.05, 0) is 35.4 Å². The van der Waals surface area contributed by atoms with Gasteiger partial charge in [0.05, 0.1) is 32.4 Å². The molecule has 9 nitrogen and oxygen atoms in total. The zero-order valence-electron chi connectivity index (χ0n) is 19.5. The third-order valence-corrected chi connectivity index (χ3v) is 6.29. The third kappa shape index (κ3) is 4.90. The minimum atomic E-state index is -0.453. The minimum absolute atomic E-state index is 0.198. The topological polar surface area (TPSA) is 106 Å². The number of nitrogens with one attached hydrogen (secondary N) is 2. The van der Waals surface area contributed by atoms with Gasteiger partial charge >= 0.3 is 11.9 Å². The summed E-state index contributed by atoms with van der Waals surface area (Å²) in [4.78, 5) is 39.0. The molecule has 0 aromatic heterocycles. The number of nitrogens with zero attached hydrogens (tertiary/aromatic N) is 1. The van der Waals surface area contributed by atoms with Crippen molar-refractivity contribution in [1.82, 2.24) is 15.8 Å². The molecule has 0 bridgehead atoms. The Morgan fingerprint density at radius 2 is 1.76 bits per heavy atom. The van der Waals surface area contributed by atoms with Crippen molar-refractivity contribution in [3.8, 4) is 5.75 Å². The zero-order valence-corrected chi connectivity index (χ0v) is 19.5. The van der Waals surface area contributed by atoms with E-state index in [2.05, 4.69) is 10.9 Å². The standard InChI is InChI=1S/C25H29N3O6/c1-15(29)34-20-11-22(16-5-4-6-18(9-16)25(31)33-3)28(14-20)24(30)17-7-8-21(23(10-17)32-2)19-12-26-27-13-19/h4-10,19-20,22,26-27H,11-14H2,1-3H3/t20?,22-/m1/s1. The van der Waals surface area contributed by atoms with Crippen LogP contribution in [0.25, 0.3) is 0 Å².